The standard InChI is InChI=1S/C20H26ClN3O3/c1-3-11-23(12-14-5-6-14)17(25)13-24-18(26)20(4-2,22-19(24)27)15-7-9-16(21)10-8-15/h7-10,14H,3-6,11-13H2,1-2H3,(H,22,27)/t20-/m0/s1. The molecule has 6 nitrogen and oxygen atoms in total. The minimum absolute atomic E-state index is 0.171. The van der Waals surface area contributed by atoms with Crippen LogP contribution < -0.4 is 5.32 Å². The second kappa shape index (κ2) is 7.89. The van der Waals surface area contributed by atoms with Crippen molar-refractivity contribution in [3.05, 3.63) is 34.9 Å². The zero-order valence-corrected chi connectivity index (χ0v) is 16.6. The number of imide groups is 1. The van der Waals surface area contributed by atoms with Gasteiger partial charge in [-0.3, -0.25) is 14.5 Å². The van der Waals surface area contributed by atoms with Gasteiger partial charge in [0, 0.05) is 18.1 Å². The molecule has 1 aliphatic carbocycles. The topological polar surface area (TPSA) is 69.7 Å². The Morgan fingerprint density at radius 2 is 1.93 bits per heavy atom. The predicted octanol–water partition coefficient (Wildman–Crippen LogP) is 3.15. The van der Waals surface area contributed by atoms with E-state index in [4.69, 9.17) is 11.6 Å². The van der Waals surface area contributed by atoms with E-state index >= 15 is 0 Å². The summed E-state index contributed by atoms with van der Waals surface area (Å²) in [6, 6.07) is 6.35. The fraction of sp³-hybridized carbons (Fsp3) is 0.550. The molecule has 1 saturated carbocycles. The van der Waals surface area contributed by atoms with Crippen LogP contribution in [0.4, 0.5) is 4.79 Å². The largest absolute Gasteiger partial charge is 0.341 e. The lowest BCUT2D eigenvalue weighted by Crippen LogP contribution is -2.46. The van der Waals surface area contributed by atoms with Gasteiger partial charge in [0.15, 0.2) is 0 Å². The molecule has 4 amide bonds. The summed E-state index contributed by atoms with van der Waals surface area (Å²) < 4.78 is 0. The average Bonchev–Trinajstić information content (AvgIpc) is 3.44. The van der Waals surface area contributed by atoms with E-state index < -0.39 is 11.6 Å². The molecule has 0 radical (unpaired) electrons. The molecule has 1 heterocycles. The van der Waals surface area contributed by atoms with E-state index in [2.05, 4.69) is 5.32 Å². The van der Waals surface area contributed by atoms with Gasteiger partial charge < -0.3 is 10.2 Å². The molecule has 7 heteroatoms. The lowest BCUT2D eigenvalue weighted by molar-refractivity contribution is -0.139. The van der Waals surface area contributed by atoms with Crippen molar-refractivity contribution in [3.8, 4) is 0 Å². The van der Waals surface area contributed by atoms with Crippen molar-refractivity contribution in [2.75, 3.05) is 19.6 Å². The average molecular weight is 392 g/mol. The van der Waals surface area contributed by atoms with Crippen LogP contribution in [-0.4, -0.2) is 47.3 Å². The summed E-state index contributed by atoms with van der Waals surface area (Å²) in [4.78, 5) is 41.3. The van der Waals surface area contributed by atoms with Gasteiger partial charge in [-0.05, 0) is 49.3 Å². The number of hydrogen-bond acceptors (Lipinski definition) is 3. The normalized spacial score (nSPS) is 22.1. The van der Waals surface area contributed by atoms with Gasteiger partial charge in [0.1, 0.15) is 12.1 Å². The smallest absolute Gasteiger partial charge is 0.325 e. The van der Waals surface area contributed by atoms with Crippen molar-refractivity contribution in [3.63, 3.8) is 0 Å². The Kier molecular flexibility index (Phi) is 5.75. The molecule has 2 aliphatic rings. The van der Waals surface area contributed by atoms with Crippen LogP contribution in [0.1, 0.15) is 45.1 Å². The van der Waals surface area contributed by atoms with Gasteiger partial charge >= 0.3 is 6.03 Å². The molecule has 0 unspecified atom stereocenters. The first kappa shape index (κ1) is 19.7. The Labute approximate surface area is 164 Å². The number of benzene rings is 1. The third-order valence-electron chi connectivity index (χ3n) is 5.36. The van der Waals surface area contributed by atoms with Crippen LogP contribution in [-0.2, 0) is 15.1 Å². The molecule has 0 bridgehead atoms. The summed E-state index contributed by atoms with van der Waals surface area (Å²) in [5, 5.41) is 3.37. The second-order valence-corrected chi connectivity index (χ2v) is 7.81. The maximum absolute atomic E-state index is 13.1. The number of carbonyl (C=O) groups excluding carboxylic acids is 3. The molecule has 27 heavy (non-hydrogen) atoms. The fourth-order valence-electron chi connectivity index (χ4n) is 3.58. The Morgan fingerprint density at radius 3 is 2.48 bits per heavy atom. The van der Waals surface area contributed by atoms with Crippen molar-refractivity contribution in [1.29, 1.82) is 0 Å². The predicted molar refractivity (Wildman–Crippen MR) is 103 cm³/mol. The quantitative estimate of drug-likeness (QED) is 0.692. The highest BCUT2D eigenvalue weighted by Crippen LogP contribution is 2.33. The number of urea groups is 1. The summed E-state index contributed by atoms with van der Waals surface area (Å²) in [5.41, 5.74) is -0.473. The van der Waals surface area contributed by atoms with Gasteiger partial charge in [-0.2, -0.15) is 0 Å². The molecule has 1 aliphatic heterocycles. The van der Waals surface area contributed by atoms with Crippen molar-refractivity contribution in [1.82, 2.24) is 15.1 Å². The van der Waals surface area contributed by atoms with Crippen molar-refractivity contribution in [2.24, 2.45) is 5.92 Å². The Hall–Kier alpha value is -2.08. The van der Waals surface area contributed by atoms with Crippen molar-refractivity contribution < 1.29 is 14.4 Å². The minimum atomic E-state index is -1.14. The fourth-order valence-corrected chi connectivity index (χ4v) is 3.70. The third-order valence-corrected chi connectivity index (χ3v) is 5.61. The zero-order valence-electron chi connectivity index (χ0n) is 15.8. The van der Waals surface area contributed by atoms with E-state index in [1.54, 1.807) is 29.2 Å². The van der Waals surface area contributed by atoms with Crippen LogP contribution in [0.5, 0.6) is 0 Å². The van der Waals surface area contributed by atoms with Gasteiger partial charge in [-0.25, -0.2) is 4.79 Å². The first-order valence-electron chi connectivity index (χ1n) is 9.59. The van der Waals surface area contributed by atoms with E-state index in [0.717, 1.165) is 24.2 Å². The van der Waals surface area contributed by atoms with Crippen LogP contribution >= 0.6 is 11.6 Å². The number of carbonyl (C=O) groups is 3. The summed E-state index contributed by atoms with van der Waals surface area (Å²) >= 11 is 5.95. The number of nitrogens with one attached hydrogen (secondary N) is 1. The second-order valence-electron chi connectivity index (χ2n) is 7.37. The van der Waals surface area contributed by atoms with E-state index in [1.165, 1.54) is 0 Å². The number of halogens is 1. The van der Waals surface area contributed by atoms with E-state index in [-0.39, 0.29) is 18.4 Å². The summed E-state index contributed by atoms with van der Waals surface area (Å²) in [7, 11) is 0. The molecule has 1 atom stereocenters. The van der Waals surface area contributed by atoms with E-state index in [0.29, 0.717) is 36.0 Å². The zero-order chi connectivity index (χ0) is 19.6. The van der Waals surface area contributed by atoms with Gasteiger partial charge in [0.05, 0.1) is 0 Å². The van der Waals surface area contributed by atoms with Gasteiger partial charge in [0.2, 0.25) is 5.91 Å². The maximum Gasteiger partial charge on any atom is 0.325 e. The summed E-state index contributed by atoms with van der Waals surface area (Å²) in [6.45, 7) is 5.01. The highest BCUT2D eigenvalue weighted by Gasteiger charge is 2.51. The van der Waals surface area contributed by atoms with Crippen LogP contribution in [0.2, 0.25) is 5.02 Å². The van der Waals surface area contributed by atoms with Crippen LogP contribution in [0, 0.1) is 5.92 Å². The number of hydrogen-bond donors (Lipinski definition) is 1. The Balaban J connectivity index is 1.78. The third kappa shape index (κ3) is 3.95. The van der Waals surface area contributed by atoms with E-state index in [9.17, 15) is 14.4 Å². The van der Waals surface area contributed by atoms with Crippen LogP contribution in [0.25, 0.3) is 0 Å². The molecule has 0 spiro atoms. The SMILES string of the molecule is CCCN(CC1CC1)C(=O)CN1C(=O)N[C@@](CC)(c2ccc(Cl)cc2)C1=O. The highest BCUT2D eigenvalue weighted by molar-refractivity contribution is 6.30. The van der Waals surface area contributed by atoms with E-state index in [1.807, 2.05) is 13.8 Å². The summed E-state index contributed by atoms with van der Waals surface area (Å²) in [5.74, 6) is 0.0104. The molecular formula is C20H26ClN3O3. The van der Waals surface area contributed by atoms with Gasteiger partial charge in [-0.15, -0.1) is 0 Å². The van der Waals surface area contributed by atoms with Crippen LogP contribution in [0.15, 0.2) is 24.3 Å². The van der Waals surface area contributed by atoms with Crippen LogP contribution in [0.3, 0.4) is 0 Å². The maximum atomic E-state index is 13.1. The van der Waals surface area contributed by atoms with Gasteiger partial charge in [0.25, 0.3) is 5.91 Å². The number of amides is 4. The van der Waals surface area contributed by atoms with Crippen molar-refractivity contribution >= 4 is 29.4 Å². The molecule has 1 N–H and O–H groups in total. The highest BCUT2D eigenvalue weighted by atomic mass is 35.5. The molecule has 146 valence electrons. The number of rotatable bonds is 8. The summed E-state index contributed by atoms with van der Waals surface area (Å²) in [6.07, 6.45) is 3.53. The lowest BCUT2D eigenvalue weighted by atomic mass is 9.87. The Bertz CT molecular complexity index is 732. The first-order valence-corrected chi connectivity index (χ1v) is 9.97. The van der Waals surface area contributed by atoms with Crippen molar-refractivity contribution in [2.45, 2.75) is 45.1 Å². The minimum Gasteiger partial charge on any atom is -0.341 e. The number of nitrogens with zero attached hydrogens (tertiary/aromatic N) is 2. The first-order chi connectivity index (χ1) is 12.9. The molecule has 0 aromatic heterocycles. The Morgan fingerprint density at radius 1 is 1.26 bits per heavy atom. The molecular weight excluding hydrogens is 366 g/mol. The molecule has 1 saturated heterocycles. The molecule has 3 rings (SSSR count). The molecule has 1 aromatic rings. The van der Waals surface area contributed by atoms with Gasteiger partial charge in [-0.1, -0.05) is 37.6 Å². The lowest BCUT2D eigenvalue weighted by Gasteiger charge is -2.27. The monoisotopic (exact) mass is 391 g/mol. The molecule has 1 aromatic carbocycles. The molecule has 2 fully saturated rings.